The predicted octanol–water partition coefficient (Wildman–Crippen LogP) is 2.63. The SMILES string of the molecule is CSc1ccc(OC(C)C(=O)N2CC[C@@H]3CNC[C@@H]3CC2)cc1. The summed E-state index contributed by atoms with van der Waals surface area (Å²) in [5.41, 5.74) is 0. The van der Waals surface area contributed by atoms with Crippen molar-refractivity contribution in [2.75, 3.05) is 32.4 Å². The van der Waals surface area contributed by atoms with E-state index < -0.39 is 6.10 Å². The Morgan fingerprint density at radius 1 is 1.22 bits per heavy atom. The van der Waals surface area contributed by atoms with Crippen LogP contribution in [0.5, 0.6) is 5.75 Å². The Balaban J connectivity index is 1.56. The second-order valence-electron chi connectivity index (χ2n) is 6.52. The summed E-state index contributed by atoms with van der Waals surface area (Å²) in [6, 6.07) is 7.93. The van der Waals surface area contributed by atoms with Crippen molar-refractivity contribution < 1.29 is 9.53 Å². The first kappa shape index (κ1) is 16.7. The van der Waals surface area contributed by atoms with Crippen LogP contribution in [0.4, 0.5) is 0 Å². The van der Waals surface area contributed by atoms with Crippen molar-refractivity contribution in [3.63, 3.8) is 0 Å². The zero-order chi connectivity index (χ0) is 16.2. The van der Waals surface area contributed by atoms with E-state index in [0.717, 1.165) is 56.6 Å². The highest BCUT2D eigenvalue weighted by atomic mass is 32.2. The molecule has 0 bridgehead atoms. The summed E-state index contributed by atoms with van der Waals surface area (Å²) in [5.74, 6) is 2.36. The van der Waals surface area contributed by atoms with Gasteiger partial charge in [-0.1, -0.05) is 0 Å². The Morgan fingerprint density at radius 2 is 1.83 bits per heavy atom. The van der Waals surface area contributed by atoms with E-state index in [-0.39, 0.29) is 5.91 Å². The molecule has 2 aliphatic heterocycles. The smallest absolute Gasteiger partial charge is 0.263 e. The maximum absolute atomic E-state index is 12.7. The number of fused-ring (bicyclic) bond motifs is 1. The normalized spacial score (nSPS) is 25.6. The van der Waals surface area contributed by atoms with Crippen LogP contribution < -0.4 is 10.1 Å². The molecule has 1 unspecified atom stereocenters. The Bertz CT molecular complexity index is 520. The first-order chi connectivity index (χ1) is 11.2. The van der Waals surface area contributed by atoms with E-state index in [1.807, 2.05) is 42.3 Å². The van der Waals surface area contributed by atoms with Gasteiger partial charge in [-0.15, -0.1) is 11.8 Å². The van der Waals surface area contributed by atoms with E-state index in [9.17, 15) is 4.79 Å². The minimum Gasteiger partial charge on any atom is -0.481 e. The van der Waals surface area contributed by atoms with Crippen LogP contribution in [-0.2, 0) is 4.79 Å². The van der Waals surface area contributed by atoms with Crippen molar-refractivity contribution in [2.24, 2.45) is 11.8 Å². The number of benzene rings is 1. The molecule has 2 aliphatic rings. The second kappa shape index (κ2) is 7.58. The molecule has 4 nitrogen and oxygen atoms in total. The number of amides is 1. The van der Waals surface area contributed by atoms with Crippen molar-refractivity contribution in [1.82, 2.24) is 10.2 Å². The Kier molecular flexibility index (Phi) is 5.49. The molecule has 0 aromatic heterocycles. The molecule has 5 heteroatoms. The molecule has 0 radical (unpaired) electrons. The number of ether oxygens (including phenoxy) is 1. The van der Waals surface area contributed by atoms with Crippen molar-refractivity contribution in [3.8, 4) is 5.75 Å². The molecule has 0 aliphatic carbocycles. The number of thioether (sulfide) groups is 1. The van der Waals surface area contributed by atoms with E-state index >= 15 is 0 Å². The third kappa shape index (κ3) is 4.01. The summed E-state index contributed by atoms with van der Waals surface area (Å²) in [5, 5.41) is 3.47. The summed E-state index contributed by atoms with van der Waals surface area (Å²) >= 11 is 1.70. The van der Waals surface area contributed by atoms with Gasteiger partial charge in [-0.05, 0) is 75.2 Å². The summed E-state index contributed by atoms with van der Waals surface area (Å²) in [6.07, 6.45) is 3.84. The maximum Gasteiger partial charge on any atom is 0.263 e. The van der Waals surface area contributed by atoms with Gasteiger partial charge in [0.15, 0.2) is 6.10 Å². The van der Waals surface area contributed by atoms with Crippen LogP contribution in [0.3, 0.4) is 0 Å². The third-order valence-electron chi connectivity index (χ3n) is 5.05. The standard InChI is InChI=1S/C18H26N2O2S/c1-13(22-16-3-5-17(23-2)6-4-16)18(21)20-9-7-14-11-19-12-15(14)8-10-20/h3-6,13-15,19H,7-12H2,1-2H3/t13?,14-,15+. The number of rotatable bonds is 4. The Morgan fingerprint density at radius 3 is 2.39 bits per heavy atom. The fourth-order valence-electron chi connectivity index (χ4n) is 3.60. The molecule has 2 heterocycles. The van der Waals surface area contributed by atoms with Gasteiger partial charge in [0.1, 0.15) is 5.75 Å². The van der Waals surface area contributed by atoms with Gasteiger partial charge in [0.2, 0.25) is 0 Å². The summed E-state index contributed by atoms with van der Waals surface area (Å²) < 4.78 is 5.85. The zero-order valence-corrected chi connectivity index (χ0v) is 14.8. The van der Waals surface area contributed by atoms with Crippen molar-refractivity contribution in [3.05, 3.63) is 24.3 Å². The van der Waals surface area contributed by atoms with E-state index in [4.69, 9.17) is 4.74 Å². The van der Waals surface area contributed by atoms with Gasteiger partial charge in [0, 0.05) is 18.0 Å². The number of carbonyl (C=O) groups is 1. The fraction of sp³-hybridized carbons (Fsp3) is 0.611. The molecule has 3 rings (SSSR count). The molecule has 0 spiro atoms. The Labute approximate surface area is 143 Å². The van der Waals surface area contributed by atoms with Crippen molar-refractivity contribution in [2.45, 2.75) is 30.8 Å². The average Bonchev–Trinajstić information content (AvgIpc) is 2.93. The molecule has 2 saturated heterocycles. The minimum atomic E-state index is -0.425. The van der Waals surface area contributed by atoms with Crippen LogP contribution in [0.2, 0.25) is 0 Å². The molecule has 0 saturated carbocycles. The highest BCUT2D eigenvalue weighted by molar-refractivity contribution is 7.98. The third-order valence-corrected chi connectivity index (χ3v) is 5.79. The lowest BCUT2D eigenvalue weighted by atomic mass is 9.92. The molecular weight excluding hydrogens is 308 g/mol. The van der Waals surface area contributed by atoms with E-state index in [1.165, 1.54) is 4.90 Å². The predicted molar refractivity (Wildman–Crippen MR) is 94.0 cm³/mol. The number of hydrogen-bond acceptors (Lipinski definition) is 4. The van der Waals surface area contributed by atoms with Gasteiger partial charge in [-0.3, -0.25) is 4.79 Å². The molecule has 1 N–H and O–H groups in total. The molecule has 1 aromatic carbocycles. The van der Waals surface area contributed by atoms with Gasteiger partial charge in [-0.2, -0.15) is 0 Å². The lowest BCUT2D eigenvalue weighted by Gasteiger charge is -2.25. The minimum absolute atomic E-state index is 0.117. The lowest BCUT2D eigenvalue weighted by Crippen LogP contribution is -2.41. The van der Waals surface area contributed by atoms with Crippen LogP contribution in [0.25, 0.3) is 0 Å². The number of likely N-dealkylation sites (tertiary alicyclic amines) is 1. The van der Waals surface area contributed by atoms with Crippen LogP contribution in [0.15, 0.2) is 29.2 Å². The summed E-state index contributed by atoms with van der Waals surface area (Å²) in [4.78, 5) is 15.9. The van der Waals surface area contributed by atoms with Crippen molar-refractivity contribution in [1.29, 1.82) is 0 Å². The molecule has 2 fully saturated rings. The molecule has 3 atom stereocenters. The molecule has 1 aromatic rings. The first-order valence-electron chi connectivity index (χ1n) is 8.47. The summed E-state index contributed by atoms with van der Waals surface area (Å²) in [7, 11) is 0. The van der Waals surface area contributed by atoms with Crippen LogP contribution in [-0.4, -0.2) is 49.3 Å². The lowest BCUT2D eigenvalue weighted by molar-refractivity contribution is -0.137. The Hall–Kier alpha value is -1.20. The topological polar surface area (TPSA) is 41.6 Å². The number of carbonyl (C=O) groups excluding carboxylic acids is 1. The quantitative estimate of drug-likeness (QED) is 0.860. The monoisotopic (exact) mass is 334 g/mol. The molecular formula is C18H26N2O2S. The number of nitrogens with one attached hydrogen (secondary N) is 1. The van der Waals surface area contributed by atoms with Gasteiger partial charge < -0.3 is 15.0 Å². The van der Waals surface area contributed by atoms with Crippen LogP contribution in [0, 0.1) is 11.8 Å². The van der Waals surface area contributed by atoms with Crippen LogP contribution >= 0.6 is 11.8 Å². The van der Waals surface area contributed by atoms with Crippen molar-refractivity contribution >= 4 is 17.7 Å². The summed E-state index contributed by atoms with van der Waals surface area (Å²) in [6.45, 7) is 5.81. The highest BCUT2D eigenvalue weighted by Gasteiger charge is 2.32. The first-order valence-corrected chi connectivity index (χ1v) is 9.70. The van der Waals surface area contributed by atoms with E-state index in [2.05, 4.69) is 5.32 Å². The van der Waals surface area contributed by atoms with E-state index in [1.54, 1.807) is 11.8 Å². The van der Waals surface area contributed by atoms with Gasteiger partial charge in [-0.25, -0.2) is 0 Å². The number of hydrogen-bond donors (Lipinski definition) is 1. The van der Waals surface area contributed by atoms with Gasteiger partial charge in [0.25, 0.3) is 5.91 Å². The fourth-order valence-corrected chi connectivity index (χ4v) is 4.01. The average molecular weight is 334 g/mol. The second-order valence-corrected chi connectivity index (χ2v) is 7.40. The highest BCUT2D eigenvalue weighted by Crippen LogP contribution is 2.27. The van der Waals surface area contributed by atoms with Gasteiger partial charge >= 0.3 is 0 Å². The molecule has 126 valence electrons. The van der Waals surface area contributed by atoms with Gasteiger partial charge in [0.05, 0.1) is 0 Å². The van der Waals surface area contributed by atoms with Crippen LogP contribution in [0.1, 0.15) is 19.8 Å². The number of nitrogens with zero attached hydrogens (tertiary/aromatic N) is 1. The zero-order valence-electron chi connectivity index (χ0n) is 14.0. The maximum atomic E-state index is 12.7. The van der Waals surface area contributed by atoms with E-state index in [0.29, 0.717) is 0 Å². The largest absolute Gasteiger partial charge is 0.481 e. The molecule has 1 amide bonds. The molecule has 23 heavy (non-hydrogen) atoms.